The molecule has 2 aromatic rings. The predicted octanol–water partition coefficient (Wildman–Crippen LogP) is 1.70. The molecule has 17 heavy (non-hydrogen) atoms. The van der Waals surface area contributed by atoms with Crippen molar-refractivity contribution in [2.75, 3.05) is 18.8 Å². The van der Waals surface area contributed by atoms with E-state index in [2.05, 4.69) is 36.0 Å². The first kappa shape index (κ1) is 11.0. The average Bonchev–Trinajstić information content (AvgIpc) is 2.69. The summed E-state index contributed by atoms with van der Waals surface area (Å²) in [7, 11) is 0. The Hall–Kier alpha value is -1.14. The Labute approximate surface area is 108 Å². The molecule has 3 rings (SSSR count). The number of fused-ring (bicyclic) bond motifs is 1. The van der Waals surface area contributed by atoms with Gasteiger partial charge < -0.3 is 11.1 Å². The fraction of sp³-hybridized carbons (Fsp3) is 0.455. The Kier molecular flexibility index (Phi) is 2.76. The second-order valence-electron chi connectivity index (χ2n) is 4.33. The summed E-state index contributed by atoms with van der Waals surface area (Å²) in [5.74, 6) is 0.532. The van der Waals surface area contributed by atoms with Gasteiger partial charge in [-0.15, -0.1) is 0 Å². The van der Waals surface area contributed by atoms with Crippen LogP contribution in [-0.4, -0.2) is 27.9 Å². The summed E-state index contributed by atoms with van der Waals surface area (Å²) in [5.41, 5.74) is 6.94. The van der Waals surface area contributed by atoms with E-state index in [1.807, 2.05) is 6.07 Å². The lowest BCUT2D eigenvalue weighted by atomic mass is 10.1. The van der Waals surface area contributed by atoms with Crippen LogP contribution in [0.1, 0.15) is 18.9 Å². The third kappa shape index (κ3) is 1.81. The number of piperidine rings is 1. The first-order valence-electron chi connectivity index (χ1n) is 5.76. The number of hydrogen-bond donors (Lipinski definition) is 2. The number of pyridine rings is 1. The number of rotatable bonds is 1. The van der Waals surface area contributed by atoms with Gasteiger partial charge in [-0.05, 0) is 41.4 Å². The summed E-state index contributed by atoms with van der Waals surface area (Å²) in [6.45, 7) is 2.06. The molecule has 0 radical (unpaired) electrons. The van der Waals surface area contributed by atoms with Crippen LogP contribution in [-0.2, 0) is 0 Å². The van der Waals surface area contributed by atoms with E-state index in [1.54, 1.807) is 6.20 Å². The van der Waals surface area contributed by atoms with Crippen LogP contribution in [0.25, 0.3) is 10.9 Å². The van der Waals surface area contributed by atoms with Gasteiger partial charge in [-0.3, -0.25) is 4.68 Å². The zero-order valence-electron chi connectivity index (χ0n) is 9.36. The van der Waals surface area contributed by atoms with Crippen LogP contribution in [0.5, 0.6) is 0 Å². The number of nitrogen functional groups attached to an aromatic ring is 1. The highest BCUT2D eigenvalue weighted by atomic mass is 79.9. The van der Waals surface area contributed by atoms with Gasteiger partial charge in [0.25, 0.3) is 0 Å². The van der Waals surface area contributed by atoms with E-state index in [4.69, 9.17) is 5.73 Å². The van der Waals surface area contributed by atoms with Gasteiger partial charge >= 0.3 is 0 Å². The van der Waals surface area contributed by atoms with Crippen molar-refractivity contribution in [3.63, 3.8) is 0 Å². The monoisotopic (exact) mass is 295 g/mol. The number of nitrogens with one attached hydrogen (secondary N) is 1. The van der Waals surface area contributed by atoms with Crippen molar-refractivity contribution in [2.24, 2.45) is 0 Å². The van der Waals surface area contributed by atoms with Crippen molar-refractivity contribution in [2.45, 2.75) is 18.9 Å². The lowest BCUT2D eigenvalue weighted by Gasteiger charge is -2.23. The molecule has 0 amide bonds. The van der Waals surface area contributed by atoms with Crippen LogP contribution < -0.4 is 11.1 Å². The maximum absolute atomic E-state index is 5.89. The Morgan fingerprint density at radius 1 is 1.53 bits per heavy atom. The maximum atomic E-state index is 5.89. The van der Waals surface area contributed by atoms with Crippen molar-refractivity contribution < 1.29 is 0 Å². The topological polar surface area (TPSA) is 68.8 Å². The van der Waals surface area contributed by atoms with Gasteiger partial charge in [-0.2, -0.15) is 5.10 Å². The van der Waals surface area contributed by atoms with Crippen molar-refractivity contribution in [3.8, 4) is 0 Å². The molecule has 0 spiro atoms. The van der Waals surface area contributed by atoms with Gasteiger partial charge in [0.05, 0.1) is 16.9 Å². The van der Waals surface area contributed by atoms with Crippen LogP contribution in [0.15, 0.2) is 16.9 Å². The molecule has 3 N–H and O–H groups in total. The molecule has 1 saturated heterocycles. The quantitative estimate of drug-likeness (QED) is 0.840. The molecule has 1 aliphatic rings. The second-order valence-corrected chi connectivity index (χ2v) is 5.08. The number of nitrogens with two attached hydrogens (primary N) is 1. The zero-order valence-corrected chi connectivity index (χ0v) is 10.9. The third-order valence-corrected chi connectivity index (χ3v) is 3.78. The lowest BCUT2D eigenvalue weighted by Crippen LogP contribution is -2.32. The van der Waals surface area contributed by atoms with Crippen molar-refractivity contribution >= 4 is 32.7 Å². The molecule has 1 unspecified atom stereocenters. The fourth-order valence-electron chi connectivity index (χ4n) is 2.39. The average molecular weight is 296 g/mol. The van der Waals surface area contributed by atoms with E-state index in [0.717, 1.165) is 35.0 Å². The van der Waals surface area contributed by atoms with E-state index >= 15 is 0 Å². The minimum atomic E-state index is 0.402. The molecule has 1 fully saturated rings. The predicted molar refractivity (Wildman–Crippen MR) is 70.8 cm³/mol. The van der Waals surface area contributed by atoms with E-state index in [1.165, 1.54) is 6.42 Å². The number of nitrogens with zero attached hydrogens (tertiary/aromatic N) is 3. The van der Waals surface area contributed by atoms with E-state index in [-0.39, 0.29) is 0 Å². The minimum absolute atomic E-state index is 0.402. The van der Waals surface area contributed by atoms with E-state index in [0.29, 0.717) is 11.9 Å². The molecule has 3 heterocycles. The highest BCUT2D eigenvalue weighted by Crippen LogP contribution is 2.30. The number of anilines is 1. The molecule has 1 atom stereocenters. The van der Waals surface area contributed by atoms with Crippen LogP contribution in [0, 0.1) is 0 Å². The smallest absolute Gasteiger partial charge is 0.139 e. The molecule has 1 aliphatic heterocycles. The van der Waals surface area contributed by atoms with Crippen molar-refractivity contribution in [3.05, 3.63) is 16.9 Å². The Bertz CT molecular complexity index is 544. The number of aromatic nitrogens is 3. The summed E-state index contributed by atoms with van der Waals surface area (Å²) >= 11 is 3.46. The number of halogens is 1. The summed E-state index contributed by atoms with van der Waals surface area (Å²) in [5, 5.41) is 8.86. The maximum Gasteiger partial charge on any atom is 0.139 e. The highest BCUT2D eigenvalue weighted by Gasteiger charge is 2.20. The van der Waals surface area contributed by atoms with E-state index in [9.17, 15) is 0 Å². The molecule has 0 aliphatic carbocycles. The summed E-state index contributed by atoms with van der Waals surface area (Å²) in [6, 6.07) is 2.37. The number of hydrogen-bond acceptors (Lipinski definition) is 4. The van der Waals surface area contributed by atoms with Gasteiger partial charge in [-0.1, -0.05) is 0 Å². The SMILES string of the molecule is Nc1nccc2c1c(Br)nn2C1CCCNC1. The largest absolute Gasteiger partial charge is 0.383 e. The highest BCUT2D eigenvalue weighted by molar-refractivity contribution is 9.10. The van der Waals surface area contributed by atoms with Gasteiger partial charge in [0.2, 0.25) is 0 Å². The molecule has 6 heteroatoms. The molecule has 2 aromatic heterocycles. The summed E-state index contributed by atoms with van der Waals surface area (Å²) in [4.78, 5) is 4.11. The Morgan fingerprint density at radius 3 is 3.18 bits per heavy atom. The molecular weight excluding hydrogens is 282 g/mol. The van der Waals surface area contributed by atoms with Gasteiger partial charge in [-0.25, -0.2) is 4.98 Å². The first-order valence-corrected chi connectivity index (χ1v) is 6.55. The third-order valence-electron chi connectivity index (χ3n) is 3.22. The second kappa shape index (κ2) is 4.27. The van der Waals surface area contributed by atoms with Gasteiger partial charge in [0.1, 0.15) is 10.4 Å². The van der Waals surface area contributed by atoms with Crippen molar-refractivity contribution in [1.82, 2.24) is 20.1 Å². The Morgan fingerprint density at radius 2 is 2.41 bits per heavy atom. The molecule has 0 bridgehead atoms. The van der Waals surface area contributed by atoms with Gasteiger partial charge in [0, 0.05) is 12.7 Å². The molecular formula is C11H14BrN5. The van der Waals surface area contributed by atoms with Crippen LogP contribution >= 0.6 is 15.9 Å². The standard InChI is InChI=1S/C11H14BrN5/c12-10-9-8(3-5-15-11(9)13)17(16-10)7-2-1-4-14-6-7/h3,5,7,14H,1-2,4,6H2,(H2,13,15). The molecule has 0 aromatic carbocycles. The molecule has 5 nitrogen and oxygen atoms in total. The lowest BCUT2D eigenvalue weighted by molar-refractivity contribution is 0.354. The van der Waals surface area contributed by atoms with Gasteiger partial charge in [0.15, 0.2) is 0 Å². The van der Waals surface area contributed by atoms with Crippen LogP contribution in [0.4, 0.5) is 5.82 Å². The van der Waals surface area contributed by atoms with E-state index < -0.39 is 0 Å². The fourth-order valence-corrected chi connectivity index (χ4v) is 2.97. The van der Waals surface area contributed by atoms with Crippen LogP contribution in [0.3, 0.4) is 0 Å². The minimum Gasteiger partial charge on any atom is -0.383 e. The normalized spacial score (nSPS) is 20.9. The summed E-state index contributed by atoms with van der Waals surface area (Å²) < 4.78 is 2.84. The molecule has 0 saturated carbocycles. The first-order chi connectivity index (χ1) is 8.27. The van der Waals surface area contributed by atoms with Crippen LogP contribution in [0.2, 0.25) is 0 Å². The molecule has 90 valence electrons. The zero-order chi connectivity index (χ0) is 11.8. The van der Waals surface area contributed by atoms with Crippen molar-refractivity contribution in [1.29, 1.82) is 0 Å². The Balaban J connectivity index is 2.13. The summed E-state index contributed by atoms with van der Waals surface area (Å²) in [6.07, 6.45) is 4.07.